The molecule has 0 saturated carbocycles. The molecule has 6 nitrogen and oxygen atoms in total. The number of oxime groups is 1. The average molecular weight is 278 g/mol. The quantitative estimate of drug-likeness (QED) is 0.333. The molecule has 0 aliphatic carbocycles. The van der Waals surface area contributed by atoms with Gasteiger partial charge in [-0.15, -0.1) is 0 Å². The highest BCUT2D eigenvalue weighted by atomic mass is 16.4. The Morgan fingerprint density at radius 2 is 2.30 bits per heavy atom. The molecule has 1 aromatic rings. The summed E-state index contributed by atoms with van der Waals surface area (Å²) in [5.41, 5.74) is 7.17. The van der Waals surface area contributed by atoms with E-state index in [0.717, 1.165) is 37.3 Å². The summed E-state index contributed by atoms with van der Waals surface area (Å²) < 4.78 is 0. The first-order valence-electron chi connectivity index (χ1n) is 6.99. The standard InChI is InChI=1S/C14H22N4O2/c1-10-8-11(14(15)17-20)9-13(16-10)18-6-3-2-4-12(18)5-7-19/h8-9,12,19-20H,2-7H2,1H3,(H2,15,17). The fourth-order valence-electron chi connectivity index (χ4n) is 2.76. The van der Waals surface area contributed by atoms with E-state index in [-0.39, 0.29) is 12.4 Å². The maximum Gasteiger partial charge on any atom is 0.170 e. The third-order valence-corrected chi connectivity index (χ3v) is 3.73. The maximum absolute atomic E-state index is 9.20. The van der Waals surface area contributed by atoms with E-state index in [1.807, 2.05) is 13.0 Å². The van der Waals surface area contributed by atoms with Crippen molar-refractivity contribution in [2.24, 2.45) is 10.9 Å². The molecule has 0 aromatic carbocycles. The zero-order chi connectivity index (χ0) is 14.5. The first-order valence-corrected chi connectivity index (χ1v) is 6.99. The van der Waals surface area contributed by atoms with E-state index >= 15 is 0 Å². The highest BCUT2D eigenvalue weighted by Crippen LogP contribution is 2.26. The van der Waals surface area contributed by atoms with Crippen LogP contribution in [0.3, 0.4) is 0 Å². The van der Waals surface area contributed by atoms with Crippen LogP contribution in [0.4, 0.5) is 5.82 Å². The molecule has 1 fully saturated rings. The lowest BCUT2D eigenvalue weighted by Gasteiger charge is -2.36. The van der Waals surface area contributed by atoms with Crippen LogP contribution < -0.4 is 10.6 Å². The number of piperidine rings is 1. The number of hydrogen-bond donors (Lipinski definition) is 3. The molecule has 1 aliphatic heterocycles. The predicted molar refractivity (Wildman–Crippen MR) is 78.2 cm³/mol. The lowest BCUT2D eigenvalue weighted by atomic mass is 9.99. The number of nitrogens with zero attached hydrogens (tertiary/aromatic N) is 3. The lowest BCUT2D eigenvalue weighted by Crippen LogP contribution is -2.40. The lowest BCUT2D eigenvalue weighted by molar-refractivity contribution is 0.262. The van der Waals surface area contributed by atoms with Gasteiger partial charge in [-0.25, -0.2) is 4.98 Å². The van der Waals surface area contributed by atoms with Crippen LogP contribution in [0, 0.1) is 6.92 Å². The highest BCUT2D eigenvalue weighted by Gasteiger charge is 2.23. The second-order valence-corrected chi connectivity index (χ2v) is 5.20. The van der Waals surface area contributed by atoms with Gasteiger partial charge < -0.3 is 20.9 Å². The molecule has 1 aliphatic rings. The molecule has 0 bridgehead atoms. The Kier molecular flexibility index (Phi) is 4.79. The van der Waals surface area contributed by atoms with Crippen molar-refractivity contribution in [3.8, 4) is 0 Å². The second-order valence-electron chi connectivity index (χ2n) is 5.20. The van der Waals surface area contributed by atoms with Gasteiger partial charge in [0.2, 0.25) is 0 Å². The van der Waals surface area contributed by atoms with Crippen molar-refractivity contribution in [1.29, 1.82) is 0 Å². The van der Waals surface area contributed by atoms with Gasteiger partial charge in [0.05, 0.1) is 0 Å². The molecule has 1 aromatic heterocycles. The Morgan fingerprint density at radius 3 is 3.00 bits per heavy atom. The smallest absolute Gasteiger partial charge is 0.170 e. The minimum atomic E-state index is 0.0902. The molecule has 2 rings (SSSR count). The van der Waals surface area contributed by atoms with Crippen molar-refractivity contribution in [2.75, 3.05) is 18.1 Å². The number of aliphatic hydroxyl groups is 1. The SMILES string of the molecule is Cc1cc(/C(N)=N/O)cc(N2CCCCC2CCO)n1. The molecule has 110 valence electrons. The van der Waals surface area contributed by atoms with Crippen molar-refractivity contribution >= 4 is 11.7 Å². The monoisotopic (exact) mass is 278 g/mol. The van der Waals surface area contributed by atoms with Crippen LogP contribution in [-0.2, 0) is 0 Å². The van der Waals surface area contributed by atoms with Crippen molar-refractivity contribution < 1.29 is 10.3 Å². The van der Waals surface area contributed by atoms with E-state index in [9.17, 15) is 5.11 Å². The van der Waals surface area contributed by atoms with Gasteiger partial charge in [0.25, 0.3) is 0 Å². The number of rotatable bonds is 4. The molecule has 0 radical (unpaired) electrons. The first-order chi connectivity index (χ1) is 9.65. The van der Waals surface area contributed by atoms with E-state index in [1.165, 1.54) is 6.42 Å². The predicted octanol–water partition coefficient (Wildman–Crippen LogP) is 1.23. The minimum absolute atomic E-state index is 0.0902. The molecular weight excluding hydrogens is 256 g/mol. The number of amidine groups is 1. The largest absolute Gasteiger partial charge is 0.409 e. The number of anilines is 1. The van der Waals surface area contributed by atoms with E-state index in [0.29, 0.717) is 11.6 Å². The van der Waals surface area contributed by atoms with Crippen LogP contribution in [0.25, 0.3) is 0 Å². The summed E-state index contributed by atoms with van der Waals surface area (Å²) >= 11 is 0. The van der Waals surface area contributed by atoms with Gasteiger partial charge in [-0.1, -0.05) is 5.16 Å². The van der Waals surface area contributed by atoms with Gasteiger partial charge in [0, 0.05) is 30.5 Å². The molecule has 0 amide bonds. The van der Waals surface area contributed by atoms with Crippen molar-refractivity contribution in [3.05, 3.63) is 23.4 Å². The maximum atomic E-state index is 9.20. The van der Waals surface area contributed by atoms with Crippen LogP contribution in [0.5, 0.6) is 0 Å². The normalized spacial score (nSPS) is 20.2. The Bertz CT molecular complexity index is 488. The zero-order valence-electron chi connectivity index (χ0n) is 11.8. The van der Waals surface area contributed by atoms with Crippen molar-refractivity contribution in [1.82, 2.24) is 4.98 Å². The Morgan fingerprint density at radius 1 is 1.50 bits per heavy atom. The van der Waals surface area contributed by atoms with Gasteiger partial charge in [-0.2, -0.15) is 0 Å². The average Bonchev–Trinajstić information content (AvgIpc) is 2.46. The Balaban J connectivity index is 2.32. The summed E-state index contributed by atoms with van der Waals surface area (Å²) in [4.78, 5) is 6.78. The number of hydrogen-bond acceptors (Lipinski definition) is 5. The van der Waals surface area contributed by atoms with E-state index in [1.54, 1.807) is 6.07 Å². The molecule has 1 atom stereocenters. The number of nitrogens with two attached hydrogens (primary N) is 1. The van der Waals surface area contributed by atoms with Gasteiger partial charge in [-0.3, -0.25) is 0 Å². The molecule has 4 N–H and O–H groups in total. The van der Waals surface area contributed by atoms with Crippen LogP contribution in [0.2, 0.25) is 0 Å². The number of aryl methyl sites for hydroxylation is 1. The molecule has 0 spiro atoms. The minimum Gasteiger partial charge on any atom is -0.409 e. The highest BCUT2D eigenvalue weighted by molar-refractivity contribution is 5.97. The molecule has 20 heavy (non-hydrogen) atoms. The van der Waals surface area contributed by atoms with E-state index in [2.05, 4.69) is 15.0 Å². The van der Waals surface area contributed by atoms with Crippen LogP contribution in [0.1, 0.15) is 36.9 Å². The van der Waals surface area contributed by atoms with Crippen molar-refractivity contribution in [2.45, 2.75) is 38.6 Å². The summed E-state index contributed by atoms with van der Waals surface area (Å²) in [7, 11) is 0. The summed E-state index contributed by atoms with van der Waals surface area (Å²) in [5.74, 6) is 0.928. The van der Waals surface area contributed by atoms with Crippen LogP contribution in [0.15, 0.2) is 17.3 Å². The molecule has 1 unspecified atom stereocenters. The van der Waals surface area contributed by atoms with E-state index in [4.69, 9.17) is 10.9 Å². The third kappa shape index (κ3) is 3.19. The zero-order valence-corrected chi connectivity index (χ0v) is 11.8. The van der Waals surface area contributed by atoms with Gasteiger partial charge in [-0.05, 0) is 44.7 Å². The Labute approximate surface area is 118 Å². The number of aliphatic hydroxyl groups excluding tert-OH is 1. The topological polar surface area (TPSA) is 95.0 Å². The first kappa shape index (κ1) is 14.6. The fourth-order valence-corrected chi connectivity index (χ4v) is 2.76. The Hall–Kier alpha value is -1.82. The van der Waals surface area contributed by atoms with E-state index < -0.39 is 0 Å². The van der Waals surface area contributed by atoms with Crippen molar-refractivity contribution in [3.63, 3.8) is 0 Å². The second kappa shape index (κ2) is 6.56. The molecule has 6 heteroatoms. The van der Waals surface area contributed by atoms with Gasteiger partial charge >= 0.3 is 0 Å². The third-order valence-electron chi connectivity index (χ3n) is 3.73. The van der Waals surface area contributed by atoms with Gasteiger partial charge in [0.15, 0.2) is 5.84 Å². The number of pyridine rings is 1. The van der Waals surface area contributed by atoms with Crippen LogP contribution in [-0.4, -0.2) is 40.3 Å². The fraction of sp³-hybridized carbons (Fsp3) is 0.571. The summed E-state index contributed by atoms with van der Waals surface area (Å²) in [5, 5.41) is 21.1. The molecule has 2 heterocycles. The summed E-state index contributed by atoms with van der Waals surface area (Å²) in [6.07, 6.45) is 4.11. The summed E-state index contributed by atoms with van der Waals surface area (Å²) in [6.45, 7) is 3.00. The molecular formula is C14H22N4O2. The summed E-state index contributed by atoms with van der Waals surface area (Å²) in [6, 6.07) is 3.95. The van der Waals surface area contributed by atoms with Crippen LogP contribution >= 0.6 is 0 Å². The number of aromatic nitrogens is 1. The molecule has 1 saturated heterocycles. The van der Waals surface area contributed by atoms with Gasteiger partial charge in [0.1, 0.15) is 5.82 Å².